The summed E-state index contributed by atoms with van der Waals surface area (Å²) in [5.41, 5.74) is 8.53. The van der Waals surface area contributed by atoms with E-state index in [1.807, 2.05) is 5.57 Å². The second-order valence-corrected chi connectivity index (χ2v) is 23.3. The van der Waals surface area contributed by atoms with E-state index in [-0.39, 0.29) is 9.52 Å². The fourth-order valence-electron chi connectivity index (χ4n) is 6.42. The summed E-state index contributed by atoms with van der Waals surface area (Å²) in [4.78, 5) is 0. The number of aryl methyl sites for hydroxylation is 1. The molecule has 0 heterocycles. The molecule has 0 spiro atoms. The fraction of sp³-hybridized carbons (Fsp3) is 0.643. The summed E-state index contributed by atoms with van der Waals surface area (Å²) in [6.45, 7) is 17.2. The number of rotatable bonds is 7. The van der Waals surface area contributed by atoms with Crippen LogP contribution in [0.25, 0.3) is 0 Å². The standard InChI is InChI=1S/C26H41Si2.2CH3.Ti/c1-18-13-23(16-24(14-18)28(5,6)7)27-17-26-21(4)19(2)20(3)25(26)15-22-11-9-8-10-12-22;;;/h13-14,16,22H,8-12,15,17,27H2,1-7H3;2*1H3;. The van der Waals surface area contributed by atoms with Crippen LogP contribution in [0.2, 0.25) is 39.9 Å². The second kappa shape index (κ2) is 10.00. The molecular weight excluding hydrogens is 440 g/mol. The van der Waals surface area contributed by atoms with E-state index in [0.29, 0.717) is 3.72 Å². The first-order valence-electron chi connectivity index (χ1n) is 12.8. The van der Waals surface area contributed by atoms with Crippen molar-refractivity contribution >= 4 is 28.0 Å². The molecule has 0 amide bonds. The molecule has 1 aromatic carbocycles. The number of benzene rings is 1. The summed E-state index contributed by atoms with van der Waals surface area (Å²) in [6.07, 6.45) is 8.76. The first-order chi connectivity index (χ1) is 14.5. The predicted molar refractivity (Wildman–Crippen MR) is 144 cm³/mol. The zero-order valence-corrected chi connectivity index (χ0v) is 25.9. The molecule has 1 aromatic rings. The van der Waals surface area contributed by atoms with Crippen molar-refractivity contribution in [2.24, 2.45) is 5.92 Å². The van der Waals surface area contributed by atoms with Crippen LogP contribution in [0.15, 0.2) is 40.5 Å². The molecular formula is C28H47Si2Ti. The van der Waals surface area contributed by atoms with Gasteiger partial charge in [0.05, 0.1) is 0 Å². The van der Waals surface area contributed by atoms with Gasteiger partial charge in [-0.25, -0.2) is 0 Å². The van der Waals surface area contributed by atoms with Gasteiger partial charge in [0, 0.05) is 0 Å². The molecule has 2 aliphatic rings. The van der Waals surface area contributed by atoms with Gasteiger partial charge in [0.25, 0.3) is 0 Å². The van der Waals surface area contributed by atoms with Gasteiger partial charge in [-0.3, -0.25) is 0 Å². The van der Waals surface area contributed by atoms with E-state index in [0.717, 1.165) is 5.92 Å². The first-order valence-corrected chi connectivity index (χ1v) is 21.9. The SMILES string of the molecule is CC1=C(C)[C](C[SiH2]c2cc(C)cc([Si](C)(C)C)c2)([Ti]([CH3])[CH3])C(CC2CCCCC2)=C1C. The van der Waals surface area contributed by atoms with Gasteiger partial charge in [-0.05, 0) is 0 Å². The van der Waals surface area contributed by atoms with Crippen molar-refractivity contribution < 1.29 is 17.9 Å². The molecule has 0 bridgehead atoms. The molecule has 0 saturated heterocycles. The number of hydrogen-bond acceptors (Lipinski definition) is 0. The molecule has 3 rings (SSSR count). The number of allylic oxidation sites excluding steroid dienone is 4. The van der Waals surface area contributed by atoms with Gasteiger partial charge in [-0.1, -0.05) is 0 Å². The van der Waals surface area contributed by atoms with E-state index in [4.69, 9.17) is 0 Å². The zero-order valence-electron chi connectivity index (χ0n) is 22.0. The Balaban J connectivity index is 1.93. The third kappa shape index (κ3) is 5.34. The minimum atomic E-state index is -1.26. The summed E-state index contributed by atoms with van der Waals surface area (Å²) in [7, 11) is -1.55. The van der Waals surface area contributed by atoms with E-state index in [1.165, 1.54) is 50.1 Å². The summed E-state index contributed by atoms with van der Waals surface area (Å²) in [5, 5.41) is 8.74. The van der Waals surface area contributed by atoms with Crippen LogP contribution in [-0.2, 0) is 17.9 Å². The molecule has 31 heavy (non-hydrogen) atoms. The molecule has 0 nitrogen and oxygen atoms in total. The third-order valence-corrected chi connectivity index (χ3v) is 17.5. The number of hydrogen-bond donors (Lipinski definition) is 0. The van der Waals surface area contributed by atoms with Crippen molar-refractivity contribution in [1.82, 2.24) is 0 Å². The van der Waals surface area contributed by atoms with Gasteiger partial charge in [0.15, 0.2) is 0 Å². The van der Waals surface area contributed by atoms with Crippen molar-refractivity contribution in [1.29, 1.82) is 0 Å². The van der Waals surface area contributed by atoms with Gasteiger partial charge in [-0.15, -0.1) is 0 Å². The van der Waals surface area contributed by atoms with Crippen LogP contribution < -0.4 is 10.4 Å². The average molecular weight is 488 g/mol. The van der Waals surface area contributed by atoms with Crippen LogP contribution in [-0.4, -0.2) is 17.6 Å². The van der Waals surface area contributed by atoms with Crippen molar-refractivity contribution in [2.75, 3.05) is 0 Å². The summed E-state index contributed by atoms with van der Waals surface area (Å²) in [5.74, 6) is 0.952. The molecule has 0 N–H and O–H groups in total. The van der Waals surface area contributed by atoms with Gasteiger partial charge >= 0.3 is 204 Å². The molecule has 0 radical (unpaired) electrons. The second-order valence-electron chi connectivity index (χ2n) is 11.9. The molecule has 1 atom stereocenters. The topological polar surface area (TPSA) is 0 Å². The van der Waals surface area contributed by atoms with Gasteiger partial charge in [0.1, 0.15) is 0 Å². The molecule has 2 aliphatic carbocycles. The van der Waals surface area contributed by atoms with Crippen LogP contribution in [0, 0.1) is 12.8 Å². The van der Waals surface area contributed by atoms with Gasteiger partial charge in [0.2, 0.25) is 0 Å². The Hall–Kier alpha value is -0.152. The van der Waals surface area contributed by atoms with E-state index < -0.39 is 25.9 Å². The zero-order chi connectivity index (χ0) is 23.0. The van der Waals surface area contributed by atoms with Crippen molar-refractivity contribution in [3.63, 3.8) is 0 Å². The van der Waals surface area contributed by atoms with Crippen LogP contribution in [0.4, 0.5) is 0 Å². The van der Waals surface area contributed by atoms with E-state index in [1.54, 1.807) is 27.1 Å². The monoisotopic (exact) mass is 487 g/mol. The van der Waals surface area contributed by atoms with Crippen molar-refractivity contribution in [3.8, 4) is 0 Å². The molecule has 0 aromatic heterocycles. The van der Waals surface area contributed by atoms with Gasteiger partial charge in [-0.2, -0.15) is 0 Å². The molecule has 3 heteroatoms. The third-order valence-electron chi connectivity index (χ3n) is 8.60. The van der Waals surface area contributed by atoms with Crippen molar-refractivity contribution in [3.05, 3.63) is 46.1 Å². The van der Waals surface area contributed by atoms with Gasteiger partial charge < -0.3 is 0 Å². The molecule has 1 unspecified atom stereocenters. The van der Waals surface area contributed by atoms with E-state index >= 15 is 0 Å². The quantitative estimate of drug-likeness (QED) is 0.355. The van der Waals surface area contributed by atoms with Crippen LogP contribution in [0.1, 0.15) is 64.9 Å². The maximum atomic E-state index is 2.67. The summed E-state index contributed by atoms with van der Waals surface area (Å²) in [6, 6.07) is 9.12. The van der Waals surface area contributed by atoms with E-state index in [2.05, 4.69) is 76.0 Å². The van der Waals surface area contributed by atoms with Crippen LogP contribution in [0.3, 0.4) is 0 Å². The Morgan fingerprint density at radius 1 is 0.935 bits per heavy atom. The average Bonchev–Trinajstić information content (AvgIpc) is 2.88. The molecule has 1 fully saturated rings. The Morgan fingerprint density at radius 3 is 2.16 bits per heavy atom. The Labute approximate surface area is 203 Å². The Kier molecular flexibility index (Phi) is 8.21. The van der Waals surface area contributed by atoms with E-state index in [9.17, 15) is 0 Å². The predicted octanol–water partition coefficient (Wildman–Crippen LogP) is 7.26. The minimum absolute atomic E-state index is 0.292. The van der Waals surface area contributed by atoms with Crippen molar-refractivity contribution in [2.45, 2.75) is 106 Å². The molecule has 171 valence electrons. The van der Waals surface area contributed by atoms with Crippen LogP contribution >= 0.6 is 0 Å². The normalized spacial score (nSPS) is 23.5. The fourth-order valence-corrected chi connectivity index (χ4v) is 16.4. The summed E-state index contributed by atoms with van der Waals surface area (Å²) < 4.78 is 0.487. The van der Waals surface area contributed by atoms with Crippen LogP contribution in [0.5, 0.6) is 0 Å². The summed E-state index contributed by atoms with van der Waals surface area (Å²) >= 11 is -1.21. The maximum absolute atomic E-state index is 2.67. The Bertz CT molecular complexity index is 865. The molecule has 1 saturated carbocycles. The molecule has 0 aliphatic heterocycles. The Morgan fingerprint density at radius 2 is 1.58 bits per heavy atom. The first kappa shape index (κ1) is 25.5.